The van der Waals surface area contributed by atoms with Crippen LogP contribution in [0.3, 0.4) is 0 Å². The monoisotopic (exact) mass is 322 g/mol. The molecule has 22 heavy (non-hydrogen) atoms. The number of halogens is 1. The average molecular weight is 322 g/mol. The number of rotatable bonds is 1. The maximum absolute atomic E-state index is 13.5. The zero-order valence-corrected chi connectivity index (χ0v) is 13.5. The second-order valence-corrected chi connectivity index (χ2v) is 6.81. The van der Waals surface area contributed by atoms with Crippen molar-refractivity contribution in [2.24, 2.45) is 0 Å². The first-order valence-corrected chi connectivity index (χ1v) is 8.58. The van der Waals surface area contributed by atoms with E-state index in [9.17, 15) is 14.0 Å². The first kappa shape index (κ1) is 15.3. The van der Waals surface area contributed by atoms with Gasteiger partial charge >= 0.3 is 0 Å². The van der Waals surface area contributed by atoms with Crippen LogP contribution in [-0.2, 0) is 16.0 Å². The van der Waals surface area contributed by atoms with Crippen molar-refractivity contribution < 1.29 is 14.0 Å². The first-order valence-electron chi connectivity index (χ1n) is 7.43. The Morgan fingerprint density at radius 1 is 1.32 bits per heavy atom. The Hall–Kier alpha value is -1.56. The fraction of sp³-hybridized carbons (Fsp3) is 0.500. The molecule has 0 N–H and O–H groups in total. The Morgan fingerprint density at radius 2 is 2.09 bits per heavy atom. The molecule has 2 aliphatic heterocycles. The fourth-order valence-electron chi connectivity index (χ4n) is 3.23. The zero-order chi connectivity index (χ0) is 15.9. The van der Waals surface area contributed by atoms with E-state index in [0.717, 1.165) is 17.5 Å². The van der Waals surface area contributed by atoms with Gasteiger partial charge in [-0.2, -0.15) is 0 Å². The van der Waals surface area contributed by atoms with Crippen molar-refractivity contribution >= 4 is 23.6 Å². The van der Waals surface area contributed by atoms with Gasteiger partial charge in [-0.25, -0.2) is 4.39 Å². The van der Waals surface area contributed by atoms with Crippen LogP contribution in [0.1, 0.15) is 31.0 Å². The molecule has 0 radical (unpaired) electrons. The third kappa shape index (κ3) is 2.60. The molecule has 2 atom stereocenters. The highest BCUT2D eigenvalue weighted by Gasteiger charge is 2.38. The van der Waals surface area contributed by atoms with Gasteiger partial charge in [0.2, 0.25) is 11.8 Å². The van der Waals surface area contributed by atoms with Crippen LogP contribution in [-0.4, -0.2) is 45.8 Å². The molecule has 1 aromatic carbocycles. The van der Waals surface area contributed by atoms with Gasteiger partial charge in [-0.3, -0.25) is 9.59 Å². The Bertz CT molecular complexity index is 622. The number of nitrogens with zero attached hydrogens (tertiary/aromatic N) is 2. The van der Waals surface area contributed by atoms with Gasteiger partial charge in [0.1, 0.15) is 11.9 Å². The molecule has 0 spiro atoms. The Labute approximate surface area is 133 Å². The number of hydrogen-bond donors (Lipinski definition) is 0. The van der Waals surface area contributed by atoms with E-state index in [1.54, 1.807) is 27.6 Å². The lowest BCUT2D eigenvalue weighted by molar-refractivity contribution is -0.144. The van der Waals surface area contributed by atoms with Gasteiger partial charge in [0.05, 0.1) is 11.9 Å². The highest BCUT2D eigenvalue weighted by Crippen LogP contribution is 2.32. The second kappa shape index (κ2) is 5.91. The lowest BCUT2D eigenvalue weighted by Crippen LogP contribution is -2.50. The molecule has 4 nitrogen and oxygen atoms in total. The quantitative estimate of drug-likeness (QED) is 0.796. The molecule has 2 heterocycles. The number of benzene rings is 1. The number of fused-ring (bicyclic) bond motifs is 1. The fourth-order valence-corrected chi connectivity index (χ4v) is 4.44. The molecule has 0 aliphatic carbocycles. The van der Waals surface area contributed by atoms with Gasteiger partial charge in [0.25, 0.3) is 0 Å². The summed E-state index contributed by atoms with van der Waals surface area (Å²) >= 11 is 1.60. The van der Waals surface area contributed by atoms with Crippen molar-refractivity contribution in [3.05, 3.63) is 35.1 Å². The number of carbonyl (C=O) groups excluding carboxylic acids is 2. The predicted octanol–water partition coefficient (Wildman–Crippen LogP) is 2.19. The predicted molar refractivity (Wildman–Crippen MR) is 83.9 cm³/mol. The second-order valence-electron chi connectivity index (χ2n) is 5.81. The molecule has 0 unspecified atom stereocenters. The molecule has 1 fully saturated rings. The van der Waals surface area contributed by atoms with Crippen molar-refractivity contribution in [3.63, 3.8) is 0 Å². The van der Waals surface area contributed by atoms with E-state index < -0.39 is 0 Å². The summed E-state index contributed by atoms with van der Waals surface area (Å²) < 4.78 is 13.5. The third-order valence-corrected chi connectivity index (χ3v) is 5.51. The van der Waals surface area contributed by atoms with Crippen molar-refractivity contribution in [2.45, 2.75) is 32.4 Å². The molecule has 6 heteroatoms. The Morgan fingerprint density at radius 3 is 2.82 bits per heavy atom. The van der Waals surface area contributed by atoms with Crippen molar-refractivity contribution in [3.8, 4) is 0 Å². The Kier molecular flexibility index (Phi) is 4.12. The van der Waals surface area contributed by atoms with E-state index in [2.05, 4.69) is 0 Å². The van der Waals surface area contributed by atoms with Gasteiger partial charge in [-0.1, -0.05) is 6.07 Å². The van der Waals surface area contributed by atoms with E-state index in [-0.39, 0.29) is 29.7 Å². The average Bonchev–Trinajstić information content (AvgIpc) is 2.97. The minimum Gasteiger partial charge on any atom is -0.334 e. The first-order chi connectivity index (χ1) is 10.5. The van der Waals surface area contributed by atoms with Gasteiger partial charge in [-0.15, -0.1) is 11.8 Å². The van der Waals surface area contributed by atoms with Crippen LogP contribution >= 0.6 is 11.8 Å². The molecule has 0 saturated carbocycles. The van der Waals surface area contributed by atoms with E-state index >= 15 is 0 Å². The summed E-state index contributed by atoms with van der Waals surface area (Å²) in [5.74, 6) is 0.834. The summed E-state index contributed by atoms with van der Waals surface area (Å²) in [6.07, 6.45) is 0.728. The summed E-state index contributed by atoms with van der Waals surface area (Å²) in [7, 11) is 0. The van der Waals surface area contributed by atoms with E-state index in [4.69, 9.17) is 0 Å². The molecule has 118 valence electrons. The smallest absolute Gasteiger partial charge is 0.246 e. The summed E-state index contributed by atoms with van der Waals surface area (Å²) in [6.45, 7) is 4.04. The number of thioether (sulfide) groups is 1. The highest BCUT2D eigenvalue weighted by molar-refractivity contribution is 7.99. The van der Waals surface area contributed by atoms with E-state index in [0.29, 0.717) is 18.2 Å². The molecule has 0 aromatic heterocycles. The van der Waals surface area contributed by atoms with E-state index in [1.807, 2.05) is 6.92 Å². The highest BCUT2D eigenvalue weighted by atomic mass is 32.2. The zero-order valence-electron chi connectivity index (χ0n) is 12.7. The molecule has 3 rings (SSSR count). The molecule has 2 amide bonds. The summed E-state index contributed by atoms with van der Waals surface area (Å²) in [4.78, 5) is 27.9. The van der Waals surface area contributed by atoms with Crippen molar-refractivity contribution in [1.29, 1.82) is 0 Å². The summed E-state index contributed by atoms with van der Waals surface area (Å²) in [5.41, 5.74) is 1.97. The SMILES string of the molecule is CC(=O)N1CSC[C@H]1C(=O)N1CCc2ccc(F)cc2[C@@H]1C. The lowest BCUT2D eigenvalue weighted by Gasteiger charge is -2.38. The van der Waals surface area contributed by atoms with Gasteiger partial charge in [-0.05, 0) is 36.6 Å². The summed E-state index contributed by atoms with van der Waals surface area (Å²) in [6, 6.07) is 4.24. The standard InChI is InChI=1S/C16H19FN2O2S/c1-10-14-7-13(17)4-3-12(14)5-6-18(10)16(21)15-8-22-9-19(15)11(2)20/h3-4,7,10,15H,5-6,8-9H2,1-2H3/t10-,15-/m0/s1. The molecule has 1 aromatic rings. The molecule has 1 saturated heterocycles. The lowest BCUT2D eigenvalue weighted by atomic mass is 9.93. The minimum absolute atomic E-state index is 0.0254. The topological polar surface area (TPSA) is 40.6 Å². The number of carbonyl (C=O) groups is 2. The van der Waals surface area contributed by atoms with Crippen LogP contribution in [0.25, 0.3) is 0 Å². The summed E-state index contributed by atoms with van der Waals surface area (Å²) in [5, 5.41) is 0. The van der Waals surface area contributed by atoms with Crippen LogP contribution in [0.15, 0.2) is 18.2 Å². The molecular weight excluding hydrogens is 303 g/mol. The van der Waals surface area contributed by atoms with Crippen molar-refractivity contribution in [1.82, 2.24) is 9.80 Å². The largest absolute Gasteiger partial charge is 0.334 e. The van der Waals surface area contributed by atoms with Crippen LogP contribution in [0.2, 0.25) is 0 Å². The van der Waals surface area contributed by atoms with Gasteiger partial charge in [0, 0.05) is 19.2 Å². The maximum Gasteiger partial charge on any atom is 0.246 e. The van der Waals surface area contributed by atoms with Gasteiger partial charge in [0.15, 0.2) is 0 Å². The number of amides is 2. The van der Waals surface area contributed by atoms with Crippen LogP contribution in [0.5, 0.6) is 0 Å². The van der Waals surface area contributed by atoms with Crippen LogP contribution < -0.4 is 0 Å². The molecule has 2 aliphatic rings. The molecule has 0 bridgehead atoms. The minimum atomic E-state index is -0.389. The van der Waals surface area contributed by atoms with Gasteiger partial charge < -0.3 is 9.80 Å². The Balaban J connectivity index is 1.84. The molecular formula is C16H19FN2O2S. The third-order valence-electron chi connectivity index (χ3n) is 4.50. The van der Waals surface area contributed by atoms with Crippen LogP contribution in [0.4, 0.5) is 4.39 Å². The van der Waals surface area contributed by atoms with Crippen molar-refractivity contribution in [2.75, 3.05) is 18.2 Å². The van der Waals surface area contributed by atoms with E-state index in [1.165, 1.54) is 19.1 Å². The number of hydrogen-bond acceptors (Lipinski definition) is 3. The normalized spacial score (nSPS) is 24.3. The maximum atomic E-state index is 13.5. The van der Waals surface area contributed by atoms with Crippen LogP contribution in [0, 0.1) is 5.82 Å².